The normalized spacial score (nSPS) is 21.4. The number of nitrogens with zero attached hydrogens (tertiary/aromatic N) is 1. The number of aromatic nitrogens is 1. The standard InChI is InChI=1S/C20H19Cl2FN2O2/c1-2-10-27-17-7-8-20(23,15-4-3-9-24-18(15)17)19(26)25-12-13-5-6-14(21)11-16(13)22/h2-6,9,11,17H,1,7-8,10,12H2,(H,25,26)/t17-,20-/m1/s1. The molecule has 1 aliphatic rings. The Balaban J connectivity index is 1.80. The van der Waals surface area contributed by atoms with Gasteiger partial charge >= 0.3 is 0 Å². The lowest BCUT2D eigenvalue weighted by molar-refractivity contribution is -0.136. The smallest absolute Gasteiger partial charge is 0.262 e. The Morgan fingerprint density at radius 1 is 1.44 bits per heavy atom. The Hall–Kier alpha value is -1.95. The van der Waals surface area contributed by atoms with Gasteiger partial charge in [0.25, 0.3) is 5.91 Å². The van der Waals surface area contributed by atoms with Crippen LogP contribution in [0.1, 0.15) is 35.8 Å². The predicted molar refractivity (Wildman–Crippen MR) is 103 cm³/mol. The molecule has 0 spiro atoms. The van der Waals surface area contributed by atoms with Gasteiger partial charge in [0.05, 0.1) is 12.3 Å². The van der Waals surface area contributed by atoms with Crippen molar-refractivity contribution in [2.24, 2.45) is 0 Å². The molecule has 2 atom stereocenters. The summed E-state index contributed by atoms with van der Waals surface area (Å²) in [6.45, 7) is 4.06. The lowest BCUT2D eigenvalue weighted by Gasteiger charge is -2.34. The van der Waals surface area contributed by atoms with Gasteiger partial charge in [0.1, 0.15) is 6.10 Å². The van der Waals surface area contributed by atoms with Gasteiger partial charge in [0, 0.05) is 28.4 Å². The Morgan fingerprint density at radius 2 is 2.26 bits per heavy atom. The Bertz CT molecular complexity index is 862. The lowest BCUT2D eigenvalue weighted by atomic mass is 9.80. The summed E-state index contributed by atoms with van der Waals surface area (Å²) in [6, 6.07) is 8.15. The molecule has 1 aromatic carbocycles. The van der Waals surface area contributed by atoms with Crippen molar-refractivity contribution < 1.29 is 13.9 Å². The summed E-state index contributed by atoms with van der Waals surface area (Å²) in [5, 5.41) is 3.55. The van der Waals surface area contributed by atoms with Gasteiger partial charge in [-0.1, -0.05) is 41.4 Å². The van der Waals surface area contributed by atoms with Crippen LogP contribution >= 0.6 is 23.2 Å². The van der Waals surface area contributed by atoms with Crippen LogP contribution in [0.4, 0.5) is 4.39 Å². The minimum Gasteiger partial charge on any atom is -0.368 e. The van der Waals surface area contributed by atoms with Gasteiger partial charge in [-0.2, -0.15) is 0 Å². The zero-order valence-corrected chi connectivity index (χ0v) is 16.1. The molecule has 1 aromatic heterocycles. The molecule has 0 bridgehead atoms. The zero-order chi connectivity index (χ0) is 19.4. The fourth-order valence-electron chi connectivity index (χ4n) is 3.17. The number of carbonyl (C=O) groups is 1. The van der Waals surface area contributed by atoms with Crippen LogP contribution in [0.3, 0.4) is 0 Å². The number of hydrogen-bond acceptors (Lipinski definition) is 3. The Kier molecular flexibility index (Phi) is 6.15. The first kappa shape index (κ1) is 19.8. The molecule has 0 aliphatic heterocycles. The maximum atomic E-state index is 15.7. The van der Waals surface area contributed by atoms with E-state index in [0.717, 1.165) is 0 Å². The quantitative estimate of drug-likeness (QED) is 0.690. The molecule has 7 heteroatoms. The van der Waals surface area contributed by atoms with Crippen molar-refractivity contribution in [3.63, 3.8) is 0 Å². The van der Waals surface area contributed by atoms with Crippen LogP contribution in [0.2, 0.25) is 10.0 Å². The third-order valence-corrected chi connectivity index (χ3v) is 5.14. The molecule has 3 rings (SSSR count). The first-order valence-electron chi connectivity index (χ1n) is 8.54. The number of rotatable bonds is 6. The summed E-state index contributed by atoms with van der Waals surface area (Å²) in [5.74, 6) is -0.718. The van der Waals surface area contributed by atoms with Crippen LogP contribution in [0.25, 0.3) is 0 Å². The second-order valence-electron chi connectivity index (χ2n) is 6.31. The van der Waals surface area contributed by atoms with Gasteiger partial charge in [-0.15, -0.1) is 6.58 Å². The van der Waals surface area contributed by atoms with Crippen molar-refractivity contribution in [1.29, 1.82) is 0 Å². The van der Waals surface area contributed by atoms with Gasteiger partial charge in [-0.05, 0) is 36.6 Å². The van der Waals surface area contributed by atoms with Crippen LogP contribution in [0.15, 0.2) is 49.2 Å². The SMILES string of the molecule is C=CCO[C@@H]1CC[C@](F)(C(=O)NCc2ccc(Cl)cc2Cl)c2cccnc21. The van der Waals surface area contributed by atoms with E-state index in [2.05, 4.69) is 16.9 Å². The summed E-state index contributed by atoms with van der Waals surface area (Å²) in [4.78, 5) is 17.0. The number of alkyl halides is 1. The van der Waals surface area contributed by atoms with Gasteiger partial charge < -0.3 is 10.1 Å². The van der Waals surface area contributed by atoms with Gasteiger partial charge in [-0.3, -0.25) is 9.78 Å². The molecule has 0 unspecified atom stereocenters. The number of carbonyl (C=O) groups excluding carboxylic acids is 1. The van der Waals surface area contributed by atoms with Crippen molar-refractivity contribution >= 4 is 29.1 Å². The molecule has 0 fully saturated rings. The fourth-order valence-corrected chi connectivity index (χ4v) is 3.65. The number of ether oxygens (including phenoxy) is 1. The first-order chi connectivity index (χ1) is 13.0. The Morgan fingerprint density at radius 3 is 3.00 bits per heavy atom. The fraction of sp³-hybridized carbons (Fsp3) is 0.300. The molecular weight excluding hydrogens is 390 g/mol. The topological polar surface area (TPSA) is 51.2 Å². The highest BCUT2D eigenvalue weighted by atomic mass is 35.5. The summed E-state index contributed by atoms with van der Waals surface area (Å²) in [7, 11) is 0. The number of nitrogens with one attached hydrogen (secondary N) is 1. The maximum absolute atomic E-state index is 15.7. The molecule has 0 saturated carbocycles. The van der Waals surface area contributed by atoms with E-state index in [-0.39, 0.29) is 24.6 Å². The van der Waals surface area contributed by atoms with Crippen molar-refractivity contribution in [3.05, 3.63) is 76.0 Å². The van der Waals surface area contributed by atoms with Gasteiger partial charge in [0.2, 0.25) is 5.67 Å². The molecule has 4 nitrogen and oxygen atoms in total. The van der Waals surface area contributed by atoms with E-state index >= 15 is 4.39 Å². The molecule has 1 aliphatic carbocycles. The third kappa shape index (κ3) is 4.15. The average molecular weight is 409 g/mol. The molecular formula is C20H19Cl2FN2O2. The minimum atomic E-state index is -2.17. The van der Waals surface area contributed by atoms with Crippen LogP contribution in [-0.4, -0.2) is 17.5 Å². The van der Waals surface area contributed by atoms with E-state index in [9.17, 15) is 4.79 Å². The van der Waals surface area contributed by atoms with Gasteiger partial charge in [0.15, 0.2) is 0 Å². The van der Waals surface area contributed by atoms with Crippen LogP contribution in [0.5, 0.6) is 0 Å². The van der Waals surface area contributed by atoms with E-state index in [1.807, 2.05) is 0 Å². The summed E-state index contributed by atoms with van der Waals surface area (Å²) < 4.78 is 21.4. The zero-order valence-electron chi connectivity index (χ0n) is 14.6. The molecule has 142 valence electrons. The molecule has 0 radical (unpaired) electrons. The summed E-state index contributed by atoms with van der Waals surface area (Å²) >= 11 is 12.0. The second-order valence-corrected chi connectivity index (χ2v) is 7.15. The summed E-state index contributed by atoms with van der Waals surface area (Å²) in [6.07, 6.45) is 3.20. The van der Waals surface area contributed by atoms with Crippen molar-refractivity contribution in [2.75, 3.05) is 6.61 Å². The third-order valence-electron chi connectivity index (χ3n) is 4.55. The average Bonchev–Trinajstić information content (AvgIpc) is 2.67. The maximum Gasteiger partial charge on any atom is 0.262 e. The van der Waals surface area contributed by atoms with E-state index < -0.39 is 11.6 Å². The molecule has 27 heavy (non-hydrogen) atoms. The van der Waals surface area contributed by atoms with E-state index in [1.165, 1.54) is 0 Å². The van der Waals surface area contributed by atoms with Crippen molar-refractivity contribution in [1.82, 2.24) is 10.3 Å². The lowest BCUT2D eigenvalue weighted by Crippen LogP contribution is -2.44. The molecule has 2 aromatic rings. The molecule has 1 heterocycles. The minimum absolute atomic E-state index is 0.00763. The molecule has 1 amide bonds. The van der Waals surface area contributed by atoms with E-state index in [4.69, 9.17) is 27.9 Å². The monoisotopic (exact) mass is 408 g/mol. The van der Waals surface area contributed by atoms with Crippen molar-refractivity contribution in [2.45, 2.75) is 31.2 Å². The number of hydrogen-bond donors (Lipinski definition) is 1. The second kappa shape index (κ2) is 8.38. The molecule has 1 N–H and O–H groups in total. The van der Waals surface area contributed by atoms with Gasteiger partial charge in [-0.25, -0.2) is 4.39 Å². The highest BCUT2D eigenvalue weighted by molar-refractivity contribution is 6.35. The van der Waals surface area contributed by atoms with Crippen LogP contribution in [-0.2, 0) is 21.7 Å². The van der Waals surface area contributed by atoms with Crippen LogP contribution in [0, 0.1) is 0 Å². The van der Waals surface area contributed by atoms with E-state index in [1.54, 1.807) is 42.6 Å². The number of amides is 1. The van der Waals surface area contributed by atoms with E-state index in [0.29, 0.717) is 34.3 Å². The Labute approximate surface area is 167 Å². The largest absolute Gasteiger partial charge is 0.368 e. The first-order valence-corrected chi connectivity index (χ1v) is 9.30. The summed E-state index contributed by atoms with van der Waals surface area (Å²) in [5.41, 5.74) is -0.818. The number of halogens is 3. The number of pyridine rings is 1. The predicted octanol–water partition coefficient (Wildman–Crippen LogP) is 4.91. The molecule has 0 saturated heterocycles. The number of benzene rings is 1. The highest BCUT2D eigenvalue weighted by Gasteiger charge is 2.47. The van der Waals surface area contributed by atoms with Crippen molar-refractivity contribution in [3.8, 4) is 0 Å². The highest BCUT2D eigenvalue weighted by Crippen LogP contribution is 2.43. The number of fused-ring (bicyclic) bond motifs is 1. The van der Waals surface area contributed by atoms with Crippen LogP contribution < -0.4 is 5.32 Å².